The summed E-state index contributed by atoms with van der Waals surface area (Å²) in [7, 11) is 4.03. The first-order valence-electron chi connectivity index (χ1n) is 10.1. The molecule has 0 aromatic heterocycles. The highest BCUT2D eigenvalue weighted by Gasteiger charge is 2.23. The normalized spacial score (nSPS) is 18.1. The summed E-state index contributed by atoms with van der Waals surface area (Å²) in [6, 6.07) is 11.9. The van der Waals surface area contributed by atoms with Gasteiger partial charge in [-0.3, -0.25) is 9.89 Å². The summed E-state index contributed by atoms with van der Waals surface area (Å²) < 4.78 is 0. The molecule has 1 aliphatic heterocycles. The van der Waals surface area contributed by atoms with E-state index in [2.05, 4.69) is 76.7 Å². The molecule has 2 unspecified atom stereocenters. The summed E-state index contributed by atoms with van der Waals surface area (Å²) in [6.45, 7) is 9.68. The van der Waals surface area contributed by atoms with E-state index in [9.17, 15) is 0 Å². The number of likely N-dealkylation sites (N-methyl/N-ethyl adjacent to an activating group) is 1. The molecule has 146 valence electrons. The van der Waals surface area contributed by atoms with Gasteiger partial charge in [-0.05, 0) is 51.9 Å². The Balaban J connectivity index is 1.86. The average molecular weight is 360 g/mol. The maximum absolute atomic E-state index is 4.40. The second-order valence-electron chi connectivity index (χ2n) is 7.29. The molecule has 2 N–H and O–H groups in total. The van der Waals surface area contributed by atoms with Crippen molar-refractivity contribution >= 4 is 5.96 Å². The second kappa shape index (κ2) is 11.2. The quantitative estimate of drug-likeness (QED) is 0.526. The van der Waals surface area contributed by atoms with E-state index in [0.29, 0.717) is 12.1 Å². The number of likely N-dealkylation sites (tertiary alicyclic amines) is 1. The zero-order valence-corrected chi connectivity index (χ0v) is 17.0. The highest BCUT2D eigenvalue weighted by Crippen LogP contribution is 2.24. The fourth-order valence-corrected chi connectivity index (χ4v) is 3.48. The van der Waals surface area contributed by atoms with Gasteiger partial charge in [-0.1, -0.05) is 37.3 Å². The predicted octanol–water partition coefficient (Wildman–Crippen LogP) is 2.72. The Kier molecular flexibility index (Phi) is 8.92. The lowest BCUT2D eigenvalue weighted by molar-refractivity contribution is 0.244. The number of guanidine groups is 1. The van der Waals surface area contributed by atoms with Crippen LogP contribution in [0.2, 0.25) is 0 Å². The summed E-state index contributed by atoms with van der Waals surface area (Å²) in [6.07, 6.45) is 3.79. The molecule has 1 saturated heterocycles. The average Bonchev–Trinajstić information content (AvgIpc) is 3.21. The lowest BCUT2D eigenvalue weighted by Crippen LogP contribution is -2.45. The van der Waals surface area contributed by atoms with Gasteiger partial charge in [0.1, 0.15) is 0 Å². The van der Waals surface area contributed by atoms with Crippen LogP contribution in [0, 0.1) is 0 Å². The molecular weight excluding hydrogens is 322 g/mol. The first kappa shape index (κ1) is 20.7. The van der Waals surface area contributed by atoms with Crippen molar-refractivity contribution in [3.8, 4) is 0 Å². The Hall–Kier alpha value is -1.59. The summed E-state index contributed by atoms with van der Waals surface area (Å²) in [5.41, 5.74) is 1.38. The van der Waals surface area contributed by atoms with E-state index in [1.165, 1.54) is 37.9 Å². The molecule has 0 radical (unpaired) electrons. The maximum Gasteiger partial charge on any atom is 0.191 e. The van der Waals surface area contributed by atoms with Crippen molar-refractivity contribution in [2.24, 2.45) is 4.99 Å². The molecule has 0 spiro atoms. The Morgan fingerprint density at radius 1 is 1.19 bits per heavy atom. The molecule has 0 bridgehead atoms. The monoisotopic (exact) mass is 359 g/mol. The Morgan fingerprint density at radius 3 is 2.50 bits per heavy atom. The first-order valence-corrected chi connectivity index (χ1v) is 10.1. The fraction of sp³-hybridized carbons (Fsp3) is 0.667. The molecule has 5 nitrogen and oxygen atoms in total. The number of hydrogen-bond acceptors (Lipinski definition) is 3. The van der Waals surface area contributed by atoms with Crippen molar-refractivity contribution in [2.75, 3.05) is 46.8 Å². The van der Waals surface area contributed by atoms with E-state index in [-0.39, 0.29) is 0 Å². The molecule has 1 aromatic carbocycles. The molecule has 1 aliphatic rings. The van der Waals surface area contributed by atoms with Gasteiger partial charge >= 0.3 is 0 Å². The third kappa shape index (κ3) is 6.29. The molecule has 2 rings (SSSR count). The van der Waals surface area contributed by atoms with Crippen molar-refractivity contribution in [1.82, 2.24) is 20.4 Å². The van der Waals surface area contributed by atoms with Crippen LogP contribution in [0.25, 0.3) is 0 Å². The highest BCUT2D eigenvalue weighted by atomic mass is 15.2. The van der Waals surface area contributed by atoms with Gasteiger partial charge in [0, 0.05) is 32.7 Å². The maximum atomic E-state index is 4.40. The minimum atomic E-state index is 0.403. The largest absolute Gasteiger partial charge is 0.355 e. The van der Waals surface area contributed by atoms with Gasteiger partial charge in [-0.15, -0.1) is 0 Å². The summed E-state index contributed by atoms with van der Waals surface area (Å²) >= 11 is 0. The van der Waals surface area contributed by atoms with Crippen LogP contribution in [-0.2, 0) is 0 Å². The molecule has 0 saturated carbocycles. The number of benzene rings is 1. The Bertz CT molecular complexity index is 524. The lowest BCUT2D eigenvalue weighted by atomic mass is 10.1. The van der Waals surface area contributed by atoms with Crippen LogP contribution in [0.5, 0.6) is 0 Å². The van der Waals surface area contributed by atoms with Gasteiger partial charge < -0.3 is 15.5 Å². The van der Waals surface area contributed by atoms with Crippen molar-refractivity contribution in [3.63, 3.8) is 0 Å². The topological polar surface area (TPSA) is 42.9 Å². The zero-order chi connectivity index (χ0) is 18.8. The van der Waals surface area contributed by atoms with Crippen molar-refractivity contribution < 1.29 is 0 Å². The number of nitrogens with zero attached hydrogens (tertiary/aromatic N) is 3. The van der Waals surface area contributed by atoms with Crippen molar-refractivity contribution in [1.29, 1.82) is 0 Å². The minimum Gasteiger partial charge on any atom is -0.355 e. The van der Waals surface area contributed by atoms with Crippen molar-refractivity contribution in [3.05, 3.63) is 35.9 Å². The molecule has 2 atom stereocenters. The van der Waals surface area contributed by atoms with Crippen LogP contribution in [0.15, 0.2) is 35.3 Å². The molecule has 5 heteroatoms. The number of nitrogens with one attached hydrogen (secondary N) is 2. The Morgan fingerprint density at radius 2 is 1.88 bits per heavy atom. The first-order chi connectivity index (χ1) is 12.7. The predicted molar refractivity (Wildman–Crippen MR) is 112 cm³/mol. The summed E-state index contributed by atoms with van der Waals surface area (Å²) in [4.78, 5) is 9.38. The van der Waals surface area contributed by atoms with Crippen LogP contribution in [0.4, 0.5) is 0 Å². The molecular formula is C21H37N5. The van der Waals surface area contributed by atoms with Gasteiger partial charge in [0.2, 0.25) is 0 Å². The van der Waals surface area contributed by atoms with Crippen LogP contribution >= 0.6 is 0 Å². The smallest absolute Gasteiger partial charge is 0.191 e. The number of aliphatic imine (C=N–C) groups is 1. The van der Waals surface area contributed by atoms with E-state index in [1.54, 1.807) is 0 Å². The molecule has 1 heterocycles. The van der Waals surface area contributed by atoms with Gasteiger partial charge in [0.25, 0.3) is 0 Å². The molecule has 0 aliphatic carbocycles. The van der Waals surface area contributed by atoms with Crippen LogP contribution in [0.3, 0.4) is 0 Å². The summed E-state index contributed by atoms with van der Waals surface area (Å²) in [5, 5.41) is 7.00. The van der Waals surface area contributed by atoms with Crippen molar-refractivity contribution in [2.45, 2.75) is 45.2 Å². The molecule has 0 amide bonds. The van der Waals surface area contributed by atoms with Gasteiger partial charge in [-0.2, -0.15) is 0 Å². The number of hydrogen-bond donors (Lipinski definition) is 2. The van der Waals surface area contributed by atoms with E-state index in [0.717, 1.165) is 25.6 Å². The fourth-order valence-electron chi connectivity index (χ4n) is 3.48. The van der Waals surface area contributed by atoms with Crippen LogP contribution in [0.1, 0.15) is 44.7 Å². The standard InChI is InChI=1S/C21H37N5/c1-5-18(2)25(4)16-13-23-21(22-3)24-17-20(26-14-9-10-15-26)19-11-7-6-8-12-19/h6-8,11-12,18,20H,5,9-10,13-17H2,1-4H3,(H2,22,23,24). The Labute approximate surface area is 159 Å². The van der Waals surface area contributed by atoms with E-state index in [4.69, 9.17) is 0 Å². The van der Waals surface area contributed by atoms with E-state index < -0.39 is 0 Å². The third-order valence-corrected chi connectivity index (χ3v) is 5.55. The highest BCUT2D eigenvalue weighted by molar-refractivity contribution is 5.79. The number of rotatable bonds is 9. The third-order valence-electron chi connectivity index (χ3n) is 5.55. The summed E-state index contributed by atoms with van der Waals surface area (Å²) in [5.74, 6) is 0.891. The van der Waals surface area contributed by atoms with Crippen LogP contribution < -0.4 is 10.6 Å². The molecule has 1 aromatic rings. The van der Waals surface area contributed by atoms with Gasteiger partial charge in [-0.25, -0.2) is 0 Å². The molecule has 1 fully saturated rings. The van der Waals surface area contributed by atoms with E-state index in [1.807, 2.05) is 7.05 Å². The minimum absolute atomic E-state index is 0.403. The van der Waals surface area contributed by atoms with Crippen LogP contribution in [-0.4, -0.2) is 68.6 Å². The van der Waals surface area contributed by atoms with E-state index >= 15 is 0 Å². The SMILES string of the molecule is CCC(C)N(C)CCNC(=NC)NCC(c1ccccc1)N1CCCC1. The molecule has 26 heavy (non-hydrogen) atoms. The zero-order valence-electron chi connectivity index (χ0n) is 17.0. The van der Waals surface area contributed by atoms with Gasteiger partial charge in [0.05, 0.1) is 6.04 Å². The lowest BCUT2D eigenvalue weighted by Gasteiger charge is -2.29. The second-order valence-corrected chi connectivity index (χ2v) is 7.29. The van der Waals surface area contributed by atoms with Gasteiger partial charge in [0.15, 0.2) is 5.96 Å².